The number of benzene rings is 1. The van der Waals surface area contributed by atoms with Crippen LogP contribution in [0.5, 0.6) is 0 Å². The summed E-state index contributed by atoms with van der Waals surface area (Å²) in [6.45, 7) is 11.5. The fourth-order valence-corrected chi connectivity index (χ4v) is 2.21. The van der Waals surface area contributed by atoms with E-state index in [1.54, 1.807) is 4.90 Å². The SMILES string of the molecule is Cc1cc(C)c(CN(C)C(=O)CNC(C)C)c(C)c1. The van der Waals surface area contributed by atoms with Gasteiger partial charge in [0, 0.05) is 19.6 Å². The Balaban J connectivity index is 2.71. The molecule has 0 aliphatic heterocycles. The normalized spacial score (nSPS) is 10.9. The summed E-state index contributed by atoms with van der Waals surface area (Å²) in [5, 5.41) is 3.16. The van der Waals surface area contributed by atoms with Gasteiger partial charge >= 0.3 is 0 Å². The molecule has 0 aliphatic rings. The molecule has 0 unspecified atom stereocenters. The molecule has 1 aromatic rings. The van der Waals surface area contributed by atoms with Crippen molar-refractivity contribution in [2.24, 2.45) is 0 Å². The highest BCUT2D eigenvalue weighted by Crippen LogP contribution is 2.17. The third-order valence-corrected chi connectivity index (χ3v) is 3.32. The summed E-state index contributed by atoms with van der Waals surface area (Å²) in [4.78, 5) is 13.8. The Morgan fingerprint density at radius 3 is 2.21 bits per heavy atom. The summed E-state index contributed by atoms with van der Waals surface area (Å²) in [7, 11) is 1.86. The van der Waals surface area contributed by atoms with Gasteiger partial charge < -0.3 is 10.2 Å². The number of aryl methyl sites for hydroxylation is 3. The average molecular weight is 262 g/mol. The minimum absolute atomic E-state index is 0.132. The first kappa shape index (κ1) is 15.7. The zero-order valence-electron chi connectivity index (χ0n) is 13.0. The van der Waals surface area contributed by atoms with Crippen LogP contribution in [0, 0.1) is 20.8 Å². The second-order valence-corrected chi connectivity index (χ2v) is 5.66. The molecule has 0 atom stereocenters. The van der Waals surface area contributed by atoms with Gasteiger partial charge in [0.05, 0.1) is 6.54 Å². The number of hydrogen-bond acceptors (Lipinski definition) is 2. The van der Waals surface area contributed by atoms with Crippen LogP contribution in [0.4, 0.5) is 0 Å². The zero-order valence-corrected chi connectivity index (χ0v) is 13.0. The van der Waals surface area contributed by atoms with Crippen LogP contribution >= 0.6 is 0 Å². The Hall–Kier alpha value is -1.35. The minimum atomic E-state index is 0.132. The molecule has 0 bridgehead atoms. The van der Waals surface area contributed by atoms with E-state index in [-0.39, 0.29) is 5.91 Å². The van der Waals surface area contributed by atoms with E-state index in [9.17, 15) is 4.79 Å². The smallest absolute Gasteiger partial charge is 0.236 e. The summed E-state index contributed by atoms with van der Waals surface area (Å²) in [5.74, 6) is 0.132. The largest absolute Gasteiger partial charge is 0.340 e. The molecule has 1 N–H and O–H groups in total. The molecular formula is C16H26N2O. The molecule has 0 heterocycles. The number of nitrogens with zero attached hydrogens (tertiary/aromatic N) is 1. The van der Waals surface area contributed by atoms with Gasteiger partial charge in [0.2, 0.25) is 5.91 Å². The molecule has 0 fully saturated rings. The van der Waals surface area contributed by atoms with E-state index in [1.165, 1.54) is 22.3 Å². The Morgan fingerprint density at radius 1 is 1.21 bits per heavy atom. The quantitative estimate of drug-likeness (QED) is 0.884. The van der Waals surface area contributed by atoms with Gasteiger partial charge in [0.25, 0.3) is 0 Å². The lowest BCUT2D eigenvalue weighted by atomic mass is 9.99. The highest BCUT2D eigenvalue weighted by molar-refractivity contribution is 5.78. The van der Waals surface area contributed by atoms with Crippen molar-refractivity contribution >= 4 is 5.91 Å². The molecule has 0 aromatic heterocycles. The van der Waals surface area contributed by atoms with Crippen molar-refractivity contribution < 1.29 is 4.79 Å². The number of carbonyl (C=O) groups excluding carboxylic acids is 1. The average Bonchev–Trinajstić information content (AvgIpc) is 2.30. The van der Waals surface area contributed by atoms with E-state index in [0.29, 0.717) is 19.1 Å². The highest BCUT2D eigenvalue weighted by Gasteiger charge is 2.12. The molecule has 1 amide bonds. The van der Waals surface area contributed by atoms with Crippen LogP contribution in [-0.4, -0.2) is 30.4 Å². The topological polar surface area (TPSA) is 32.3 Å². The third-order valence-electron chi connectivity index (χ3n) is 3.32. The Labute approximate surface area is 117 Å². The molecule has 1 aromatic carbocycles. The predicted molar refractivity (Wildman–Crippen MR) is 80.3 cm³/mol. The first-order chi connectivity index (χ1) is 8.81. The van der Waals surface area contributed by atoms with Gasteiger partial charge in [-0.3, -0.25) is 4.79 Å². The van der Waals surface area contributed by atoms with Crippen molar-refractivity contribution in [3.63, 3.8) is 0 Å². The molecule has 1 rings (SSSR count). The molecule has 3 nitrogen and oxygen atoms in total. The fraction of sp³-hybridized carbons (Fsp3) is 0.562. The molecule has 19 heavy (non-hydrogen) atoms. The molecule has 0 radical (unpaired) electrons. The van der Waals surface area contributed by atoms with Crippen LogP contribution in [0.1, 0.15) is 36.1 Å². The van der Waals surface area contributed by atoms with Crippen molar-refractivity contribution in [2.45, 2.75) is 47.2 Å². The molecule has 0 saturated heterocycles. The van der Waals surface area contributed by atoms with Gasteiger partial charge in [-0.05, 0) is 37.5 Å². The second-order valence-electron chi connectivity index (χ2n) is 5.66. The summed E-state index contributed by atoms with van der Waals surface area (Å²) in [6.07, 6.45) is 0. The number of carbonyl (C=O) groups is 1. The van der Waals surface area contributed by atoms with E-state index in [0.717, 1.165) is 0 Å². The van der Waals surface area contributed by atoms with Crippen LogP contribution < -0.4 is 5.32 Å². The maximum atomic E-state index is 12.0. The lowest BCUT2D eigenvalue weighted by Gasteiger charge is -2.21. The summed E-state index contributed by atoms with van der Waals surface area (Å²) >= 11 is 0. The van der Waals surface area contributed by atoms with Crippen LogP contribution in [0.2, 0.25) is 0 Å². The fourth-order valence-electron chi connectivity index (χ4n) is 2.21. The number of likely N-dealkylation sites (N-methyl/N-ethyl adjacent to an activating group) is 1. The first-order valence-corrected chi connectivity index (χ1v) is 6.85. The van der Waals surface area contributed by atoms with Crippen LogP contribution in [0.3, 0.4) is 0 Å². The van der Waals surface area contributed by atoms with Crippen LogP contribution in [-0.2, 0) is 11.3 Å². The van der Waals surface area contributed by atoms with Crippen molar-refractivity contribution in [3.8, 4) is 0 Å². The number of amides is 1. The molecule has 0 aliphatic carbocycles. The molecule has 3 heteroatoms. The zero-order chi connectivity index (χ0) is 14.6. The molecular weight excluding hydrogens is 236 g/mol. The predicted octanol–water partition coefficient (Wildman–Crippen LogP) is 2.57. The lowest BCUT2D eigenvalue weighted by molar-refractivity contribution is -0.129. The minimum Gasteiger partial charge on any atom is -0.340 e. The van der Waals surface area contributed by atoms with E-state index in [4.69, 9.17) is 0 Å². The monoisotopic (exact) mass is 262 g/mol. The summed E-state index contributed by atoms with van der Waals surface area (Å²) in [6, 6.07) is 4.68. The van der Waals surface area contributed by atoms with E-state index in [2.05, 4.69) is 38.2 Å². The van der Waals surface area contributed by atoms with Crippen LogP contribution in [0.15, 0.2) is 12.1 Å². The molecule has 0 spiro atoms. The van der Waals surface area contributed by atoms with Crippen molar-refractivity contribution in [2.75, 3.05) is 13.6 Å². The maximum Gasteiger partial charge on any atom is 0.236 e. The van der Waals surface area contributed by atoms with E-state index in [1.807, 2.05) is 20.9 Å². The van der Waals surface area contributed by atoms with E-state index < -0.39 is 0 Å². The number of rotatable bonds is 5. The van der Waals surface area contributed by atoms with Gasteiger partial charge in [-0.15, -0.1) is 0 Å². The number of hydrogen-bond donors (Lipinski definition) is 1. The van der Waals surface area contributed by atoms with Gasteiger partial charge in [0.1, 0.15) is 0 Å². The highest BCUT2D eigenvalue weighted by atomic mass is 16.2. The molecule has 106 valence electrons. The van der Waals surface area contributed by atoms with Crippen molar-refractivity contribution in [1.29, 1.82) is 0 Å². The van der Waals surface area contributed by atoms with Crippen LogP contribution in [0.25, 0.3) is 0 Å². The van der Waals surface area contributed by atoms with E-state index >= 15 is 0 Å². The molecule has 0 saturated carbocycles. The first-order valence-electron chi connectivity index (χ1n) is 6.85. The van der Waals surface area contributed by atoms with Gasteiger partial charge in [-0.25, -0.2) is 0 Å². The van der Waals surface area contributed by atoms with Crippen molar-refractivity contribution in [3.05, 3.63) is 34.4 Å². The van der Waals surface area contributed by atoms with Gasteiger partial charge in [0.15, 0.2) is 0 Å². The Morgan fingerprint density at radius 2 is 1.74 bits per heavy atom. The summed E-state index contributed by atoms with van der Waals surface area (Å²) < 4.78 is 0. The second kappa shape index (κ2) is 6.71. The number of nitrogens with one attached hydrogen (secondary N) is 1. The third kappa shape index (κ3) is 4.67. The van der Waals surface area contributed by atoms with Gasteiger partial charge in [-0.1, -0.05) is 31.5 Å². The standard InChI is InChI=1S/C16H26N2O/c1-11(2)17-9-16(19)18(6)10-15-13(4)7-12(3)8-14(15)5/h7-8,11,17H,9-10H2,1-6H3. The maximum absolute atomic E-state index is 12.0. The Kier molecular flexibility index (Phi) is 5.55. The Bertz CT molecular complexity index is 429. The lowest BCUT2D eigenvalue weighted by Crippen LogP contribution is -2.38. The van der Waals surface area contributed by atoms with Gasteiger partial charge in [-0.2, -0.15) is 0 Å². The van der Waals surface area contributed by atoms with Crippen molar-refractivity contribution in [1.82, 2.24) is 10.2 Å². The summed E-state index contributed by atoms with van der Waals surface area (Å²) in [5.41, 5.74) is 5.04.